The van der Waals surface area contributed by atoms with E-state index in [1.54, 1.807) is 17.0 Å². The molecule has 0 spiro atoms. The minimum atomic E-state index is -3.24. The van der Waals surface area contributed by atoms with Crippen LogP contribution in [-0.2, 0) is 9.84 Å². The lowest BCUT2D eigenvalue weighted by Gasteiger charge is -2.40. The van der Waals surface area contributed by atoms with Crippen LogP contribution in [0, 0.1) is 11.3 Å². The monoisotopic (exact) mass is 457 g/mol. The maximum atomic E-state index is 12.9. The van der Waals surface area contributed by atoms with Crippen molar-refractivity contribution < 1.29 is 13.2 Å². The Morgan fingerprint density at radius 3 is 2.65 bits per heavy atom. The summed E-state index contributed by atoms with van der Waals surface area (Å²) in [6, 6.07) is 17.0. The standard InChI is InChI=1S/C23H24ClN3O3S/c1-31(29,30)13-5-11-26-23(28)27-12-10-18(17-6-3-2-4-7-17)15-22(27)19-8-9-20(16-25)21(24)14-19/h2-9,13-14,18,22H,10-12,15H2,1H3,(H,26,28)/b13-5+. The van der Waals surface area contributed by atoms with E-state index in [4.69, 9.17) is 11.6 Å². The third kappa shape index (κ3) is 6.09. The van der Waals surface area contributed by atoms with E-state index in [2.05, 4.69) is 23.5 Å². The van der Waals surface area contributed by atoms with E-state index in [1.807, 2.05) is 24.3 Å². The van der Waals surface area contributed by atoms with E-state index >= 15 is 0 Å². The Hall–Kier alpha value is -2.82. The summed E-state index contributed by atoms with van der Waals surface area (Å²) >= 11 is 6.27. The Balaban J connectivity index is 1.83. The van der Waals surface area contributed by atoms with E-state index in [1.165, 1.54) is 11.6 Å². The first-order valence-corrected chi connectivity index (χ1v) is 12.3. The molecule has 162 valence electrons. The van der Waals surface area contributed by atoms with E-state index in [9.17, 15) is 18.5 Å². The number of rotatable bonds is 5. The van der Waals surface area contributed by atoms with Gasteiger partial charge in [0.2, 0.25) is 0 Å². The van der Waals surface area contributed by atoms with Gasteiger partial charge in [-0.1, -0.05) is 54.1 Å². The van der Waals surface area contributed by atoms with Crippen molar-refractivity contribution in [3.05, 3.63) is 81.7 Å². The van der Waals surface area contributed by atoms with Crippen molar-refractivity contribution in [3.63, 3.8) is 0 Å². The van der Waals surface area contributed by atoms with Gasteiger partial charge in [0.05, 0.1) is 16.6 Å². The molecule has 2 amide bonds. The number of nitrogens with one attached hydrogen (secondary N) is 1. The Morgan fingerprint density at radius 1 is 1.26 bits per heavy atom. The molecule has 2 atom stereocenters. The van der Waals surface area contributed by atoms with Gasteiger partial charge in [-0.3, -0.25) is 0 Å². The largest absolute Gasteiger partial charge is 0.334 e. The molecule has 2 aromatic rings. The minimum absolute atomic E-state index is 0.116. The summed E-state index contributed by atoms with van der Waals surface area (Å²) in [5, 5.41) is 13.4. The first-order chi connectivity index (χ1) is 14.8. The Morgan fingerprint density at radius 2 is 2.00 bits per heavy atom. The second-order valence-electron chi connectivity index (χ2n) is 7.58. The summed E-state index contributed by atoms with van der Waals surface area (Å²) in [4.78, 5) is 14.7. The van der Waals surface area contributed by atoms with Crippen LogP contribution in [-0.4, -0.2) is 38.7 Å². The van der Waals surface area contributed by atoms with Crippen molar-refractivity contribution in [2.24, 2.45) is 0 Å². The predicted molar refractivity (Wildman–Crippen MR) is 121 cm³/mol. The molecule has 0 bridgehead atoms. The van der Waals surface area contributed by atoms with E-state index < -0.39 is 9.84 Å². The van der Waals surface area contributed by atoms with Crippen LogP contribution in [0.2, 0.25) is 5.02 Å². The second kappa shape index (κ2) is 9.99. The van der Waals surface area contributed by atoms with Crippen LogP contribution in [0.25, 0.3) is 0 Å². The minimum Gasteiger partial charge on any atom is -0.334 e. The van der Waals surface area contributed by atoms with Gasteiger partial charge in [-0.25, -0.2) is 13.2 Å². The molecule has 0 aromatic heterocycles. The molecule has 1 fully saturated rings. The topological polar surface area (TPSA) is 90.3 Å². The number of benzene rings is 2. The van der Waals surface area contributed by atoms with E-state index in [0.717, 1.165) is 30.1 Å². The van der Waals surface area contributed by atoms with Crippen molar-refractivity contribution in [2.45, 2.75) is 24.8 Å². The van der Waals surface area contributed by atoms with Crippen molar-refractivity contribution in [3.8, 4) is 6.07 Å². The number of carbonyl (C=O) groups excluding carboxylic acids is 1. The zero-order chi connectivity index (χ0) is 22.4. The van der Waals surface area contributed by atoms with Crippen LogP contribution in [0.3, 0.4) is 0 Å². The lowest BCUT2D eigenvalue weighted by molar-refractivity contribution is 0.144. The van der Waals surface area contributed by atoms with Crippen molar-refractivity contribution >= 4 is 27.5 Å². The zero-order valence-electron chi connectivity index (χ0n) is 17.2. The number of piperidine rings is 1. The lowest BCUT2D eigenvalue weighted by Crippen LogP contribution is -2.46. The summed E-state index contributed by atoms with van der Waals surface area (Å²) in [6.07, 6.45) is 4.05. The van der Waals surface area contributed by atoms with Crippen molar-refractivity contribution in [1.29, 1.82) is 5.26 Å². The van der Waals surface area contributed by atoms with Gasteiger partial charge in [-0.05, 0) is 42.0 Å². The predicted octanol–water partition coefficient (Wildman–Crippen LogP) is 4.40. The van der Waals surface area contributed by atoms with Crippen LogP contribution in [0.4, 0.5) is 4.79 Å². The highest BCUT2D eigenvalue weighted by Gasteiger charge is 2.33. The fourth-order valence-corrected chi connectivity index (χ4v) is 4.53. The van der Waals surface area contributed by atoms with Gasteiger partial charge in [0.25, 0.3) is 0 Å². The number of urea groups is 1. The maximum absolute atomic E-state index is 12.9. The maximum Gasteiger partial charge on any atom is 0.318 e. The van der Waals surface area contributed by atoms with Gasteiger partial charge in [0.1, 0.15) is 6.07 Å². The average Bonchev–Trinajstić information content (AvgIpc) is 2.76. The Bertz CT molecular complexity index is 1110. The molecule has 0 aliphatic carbocycles. The van der Waals surface area contributed by atoms with Gasteiger partial charge >= 0.3 is 6.03 Å². The number of likely N-dealkylation sites (tertiary alicyclic amines) is 1. The fourth-order valence-electron chi connectivity index (χ4n) is 3.85. The smallest absolute Gasteiger partial charge is 0.318 e. The molecule has 31 heavy (non-hydrogen) atoms. The third-order valence-corrected chi connectivity index (χ3v) is 6.35. The molecular weight excluding hydrogens is 434 g/mol. The lowest BCUT2D eigenvalue weighted by atomic mass is 9.83. The van der Waals surface area contributed by atoms with Gasteiger partial charge in [-0.2, -0.15) is 5.26 Å². The second-order valence-corrected chi connectivity index (χ2v) is 9.92. The number of sulfone groups is 1. The molecule has 0 radical (unpaired) electrons. The SMILES string of the molecule is CS(=O)(=O)/C=C/CNC(=O)N1CCC(c2ccccc2)CC1c1ccc(C#N)c(Cl)c1. The Labute approximate surface area is 188 Å². The summed E-state index contributed by atoms with van der Waals surface area (Å²) in [5.74, 6) is 0.287. The average molecular weight is 458 g/mol. The Kier molecular flexibility index (Phi) is 7.37. The molecular formula is C23H24ClN3O3S. The number of amides is 2. The van der Waals surface area contributed by atoms with Gasteiger partial charge in [0, 0.05) is 24.8 Å². The van der Waals surface area contributed by atoms with Crippen molar-refractivity contribution in [2.75, 3.05) is 19.3 Å². The normalized spacial score (nSPS) is 19.2. The van der Waals surface area contributed by atoms with Crippen LogP contribution >= 0.6 is 11.6 Å². The van der Waals surface area contributed by atoms with Gasteiger partial charge in [0.15, 0.2) is 9.84 Å². The zero-order valence-corrected chi connectivity index (χ0v) is 18.7. The highest BCUT2D eigenvalue weighted by molar-refractivity contribution is 7.93. The molecule has 1 heterocycles. The first-order valence-electron chi connectivity index (χ1n) is 9.94. The van der Waals surface area contributed by atoms with Crippen LogP contribution in [0.5, 0.6) is 0 Å². The molecule has 0 saturated carbocycles. The molecule has 1 saturated heterocycles. The molecule has 2 aromatic carbocycles. The molecule has 6 nitrogen and oxygen atoms in total. The van der Waals surface area contributed by atoms with Crippen LogP contribution in [0.15, 0.2) is 60.0 Å². The molecule has 8 heteroatoms. The van der Waals surface area contributed by atoms with E-state index in [0.29, 0.717) is 17.1 Å². The summed E-state index contributed by atoms with van der Waals surface area (Å²) in [7, 11) is -3.24. The number of carbonyl (C=O) groups is 1. The summed E-state index contributed by atoms with van der Waals surface area (Å²) in [6.45, 7) is 0.662. The number of hydrogen-bond donors (Lipinski definition) is 1. The number of nitrogens with zero attached hydrogens (tertiary/aromatic N) is 2. The van der Waals surface area contributed by atoms with Crippen molar-refractivity contribution in [1.82, 2.24) is 10.2 Å². The summed E-state index contributed by atoms with van der Waals surface area (Å²) in [5.41, 5.74) is 2.48. The summed E-state index contributed by atoms with van der Waals surface area (Å²) < 4.78 is 22.4. The molecule has 1 aliphatic heterocycles. The molecule has 3 rings (SSSR count). The van der Waals surface area contributed by atoms with Crippen LogP contribution in [0.1, 0.15) is 41.5 Å². The quantitative estimate of drug-likeness (QED) is 0.720. The van der Waals surface area contributed by atoms with Gasteiger partial charge in [-0.15, -0.1) is 0 Å². The highest BCUT2D eigenvalue weighted by atomic mass is 35.5. The number of halogens is 1. The van der Waals surface area contributed by atoms with Gasteiger partial charge < -0.3 is 10.2 Å². The fraction of sp³-hybridized carbons (Fsp3) is 0.304. The third-order valence-electron chi connectivity index (χ3n) is 5.35. The molecule has 1 N–H and O–H groups in total. The molecule has 1 aliphatic rings. The number of nitriles is 1. The first kappa shape index (κ1) is 22.9. The van der Waals surface area contributed by atoms with Crippen LogP contribution < -0.4 is 5.32 Å². The number of hydrogen-bond acceptors (Lipinski definition) is 4. The molecule has 2 unspecified atom stereocenters. The van der Waals surface area contributed by atoms with E-state index in [-0.39, 0.29) is 24.5 Å². The highest BCUT2D eigenvalue weighted by Crippen LogP contribution is 2.40.